The Balaban J connectivity index is 1.58. The molecule has 1 fully saturated rings. The van der Waals surface area contributed by atoms with Crippen LogP contribution in [-0.4, -0.2) is 70.1 Å². The van der Waals surface area contributed by atoms with Crippen molar-refractivity contribution in [3.8, 4) is 5.69 Å². The monoisotopic (exact) mass is 612 g/mol. The molecule has 44 heavy (non-hydrogen) atoms. The molecule has 0 bridgehead atoms. The molecule has 232 valence electrons. The summed E-state index contributed by atoms with van der Waals surface area (Å²) < 4.78 is 54.3. The first-order valence-corrected chi connectivity index (χ1v) is 14.1. The predicted octanol–water partition coefficient (Wildman–Crippen LogP) is 4.02. The highest BCUT2D eigenvalue weighted by atomic mass is 19.4. The maximum absolute atomic E-state index is 14.0. The third-order valence-corrected chi connectivity index (χ3v) is 7.84. The molecule has 0 aliphatic carbocycles. The fourth-order valence-corrected chi connectivity index (χ4v) is 5.69. The van der Waals surface area contributed by atoms with E-state index < -0.39 is 34.6 Å². The number of ether oxygens (including phenoxy) is 1. The Morgan fingerprint density at radius 1 is 0.977 bits per heavy atom. The van der Waals surface area contributed by atoms with E-state index in [9.17, 15) is 32.3 Å². The summed E-state index contributed by atoms with van der Waals surface area (Å²) in [4.78, 5) is 57.0. The van der Waals surface area contributed by atoms with Crippen LogP contribution in [0.5, 0.6) is 0 Å². The summed E-state index contributed by atoms with van der Waals surface area (Å²) >= 11 is 0. The van der Waals surface area contributed by atoms with Crippen LogP contribution in [0.15, 0.2) is 62.7 Å². The first-order valence-electron chi connectivity index (χ1n) is 14.1. The number of amides is 1. The number of carbonyl (C=O) groups excluding carboxylic acids is 2. The quantitative estimate of drug-likeness (QED) is 0.290. The highest BCUT2D eigenvalue weighted by Crippen LogP contribution is 2.33. The number of esters is 1. The first kappa shape index (κ1) is 30.8. The van der Waals surface area contributed by atoms with Gasteiger partial charge >= 0.3 is 17.8 Å². The number of fused-ring (bicyclic) bond motifs is 1. The van der Waals surface area contributed by atoms with E-state index in [4.69, 9.17) is 9.15 Å². The van der Waals surface area contributed by atoms with Crippen LogP contribution in [0, 0.1) is 13.8 Å². The molecule has 0 N–H and O–H groups in total. The Morgan fingerprint density at radius 3 is 2.32 bits per heavy atom. The van der Waals surface area contributed by atoms with Crippen LogP contribution in [0.3, 0.4) is 0 Å². The normalized spacial score (nSPS) is 14.3. The van der Waals surface area contributed by atoms with E-state index in [1.165, 1.54) is 36.0 Å². The zero-order valence-corrected chi connectivity index (χ0v) is 24.4. The molecule has 0 spiro atoms. The zero-order valence-electron chi connectivity index (χ0n) is 24.4. The smallest absolute Gasteiger partial charge is 0.418 e. The fraction of sp³-hybridized carbons (Fsp3) is 0.355. The number of aromatic nitrogens is 2. The van der Waals surface area contributed by atoms with Crippen molar-refractivity contribution in [2.24, 2.45) is 0 Å². The second-order valence-corrected chi connectivity index (χ2v) is 10.5. The van der Waals surface area contributed by atoms with Gasteiger partial charge in [0.1, 0.15) is 0 Å². The summed E-state index contributed by atoms with van der Waals surface area (Å²) in [6.07, 6.45) is -3.41. The molecule has 3 heterocycles. The molecule has 4 aromatic rings. The van der Waals surface area contributed by atoms with Gasteiger partial charge in [0.15, 0.2) is 5.76 Å². The number of aryl methyl sites for hydroxylation is 2. The lowest BCUT2D eigenvalue weighted by Gasteiger charge is -2.34. The van der Waals surface area contributed by atoms with Crippen LogP contribution in [-0.2, 0) is 17.5 Å². The predicted molar refractivity (Wildman–Crippen MR) is 155 cm³/mol. The summed E-state index contributed by atoms with van der Waals surface area (Å²) in [6.45, 7) is 7.03. The Kier molecular flexibility index (Phi) is 8.51. The Morgan fingerprint density at radius 2 is 1.68 bits per heavy atom. The van der Waals surface area contributed by atoms with Gasteiger partial charge in [0.05, 0.1) is 40.6 Å². The summed E-state index contributed by atoms with van der Waals surface area (Å²) in [7, 11) is 0. The van der Waals surface area contributed by atoms with Crippen LogP contribution in [0.1, 0.15) is 44.5 Å². The van der Waals surface area contributed by atoms with Crippen molar-refractivity contribution < 1.29 is 31.9 Å². The van der Waals surface area contributed by atoms with Crippen LogP contribution in [0.2, 0.25) is 0 Å². The number of carbonyl (C=O) groups is 2. The molecule has 2 aromatic carbocycles. The Hall–Kier alpha value is -4.65. The molecule has 0 radical (unpaired) electrons. The average molecular weight is 613 g/mol. The molecule has 0 saturated carbocycles. The van der Waals surface area contributed by atoms with E-state index >= 15 is 0 Å². The first-order chi connectivity index (χ1) is 20.9. The number of alkyl halides is 3. The minimum atomic E-state index is -4.84. The fourth-order valence-electron chi connectivity index (χ4n) is 5.69. The maximum atomic E-state index is 14.0. The lowest BCUT2D eigenvalue weighted by molar-refractivity contribution is -0.137. The van der Waals surface area contributed by atoms with Gasteiger partial charge in [0.25, 0.3) is 11.5 Å². The van der Waals surface area contributed by atoms with Gasteiger partial charge in [0.2, 0.25) is 0 Å². The summed E-state index contributed by atoms with van der Waals surface area (Å²) in [6, 6.07) is 9.14. The van der Waals surface area contributed by atoms with E-state index in [-0.39, 0.29) is 46.8 Å². The van der Waals surface area contributed by atoms with Crippen molar-refractivity contribution >= 4 is 22.8 Å². The summed E-state index contributed by atoms with van der Waals surface area (Å²) in [5, 5.41) is -0.0518. The second-order valence-electron chi connectivity index (χ2n) is 10.5. The van der Waals surface area contributed by atoms with Gasteiger partial charge in [-0.05, 0) is 62.2 Å². The highest BCUT2D eigenvalue weighted by Gasteiger charge is 2.35. The van der Waals surface area contributed by atoms with Crippen molar-refractivity contribution in [1.82, 2.24) is 18.9 Å². The molecule has 5 rings (SSSR count). The lowest BCUT2D eigenvalue weighted by Crippen LogP contribution is -2.50. The molecule has 13 heteroatoms. The number of halogens is 3. The summed E-state index contributed by atoms with van der Waals surface area (Å²) in [5.74, 6) is -0.660. The lowest BCUT2D eigenvalue weighted by atomic mass is 9.98. The van der Waals surface area contributed by atoms with E-state index in [1.54, 1.807) is 30.9 Å². The number of benzene rings is 2. The molecule has 10 nitrogen and oxygen atoms in total. The van der Waals surface area contributed by atoms with Crippen molar-refractivity contribution in [2.75, 3.05) is 39.3 Å². The van der Waals surface area contributed by atoms with E-state index in [1.807, 2.05) is 4.90 Å². The number of hydrogen-bond donors (Lipinski definition) is 0. The molecule has 0 unspecified atom stereocenters. The molecule has 0 atom stereocenters. The minimum absolute atomic E-state index is 0.0353. The number of nitrogens with zero attached hydrogens (tertiary/aromatic N) is 4. The van der Waals surface area contributed by atoms with E-state index in [0.29, 0.717) is 42.9 Å². The largest absolute Gasteiger partial charge is 0.462 e. The standard InChI is InChI=1S/C31H31F3N4O6/c1-4-43-29(41)25-19(2)18-23-26(20(25)3)28(40)38(22-9-6-5-8-21(22)31(32,33)34)30(42)37(23)16-13-35-11-14-36(15-12-35)27(39)24-10-7-17-44-24/h5-10,17-18H,4,11-16H2,1-3H3. The minimum Gasteiger partial charge on any atom is -0.462 e. The van der Waals surface area contributed by atoms with Crippen LogP contribution >= 0.6 is 0 Å². The van der Waals surface area contributed by atoms with E-state index in [0.717, 1.165) is 12.1 Å². The van der Waals surface area contributed by atoms with Gasteiger partial charge in [-0.3, -0.25) is 19.1 Å². The van der Waals surface area contributed by atoms with Gasteiger partial charge in [-0.25, -0.2) is 14.2 Å². The summed E-state index contributed by atoms with van der Waals surface area (Å²) in [5.41, 5.74) is -2.66. The number of furan rings is 1. The SMILES string of the molecule is CCOC(=O)c1c(C)cc2c(c1C)c(=O)n(-c1ccccc1C(F)(F)F)c(=O)n2CCN1CCN(C(=O)c2ccco2)CC1. The molecular formula is C31H31F3N4O6. The molecule has 1 aliphatic rings. The number of piperazine rings is 1. The van der Waals surface area contributed by atoms with Gasteiger partial charge < -0.3 is 14.1 Å². The van der Waals surface area contributed by atoms with Crippen LogP contribution < -0.4 is 11.2 Å². The number of hydrogen-bond acceptors (Lipinski definition) is 7. The number of para-hydroxylation sites is 1. The third kappa shape index (κ3) is 5.66. The molecule has 1 amide bonds. The van der Waals surface area contributed by atoms with Gasteiger partial charge in [0, 0.05) is 39.3 Å². The van der Waals surface area contributed by atoms with Crippen molar-refractivity contribution in [3.05, 3.63) is 97.6 Å². The van der Waals surface area contributed by atoms with Gasteiger partial charge in [-0.2, -0.15) is 13.2 Å². The van der Waals surface area contributed by atoms with Crippen LogP contribution in [0.25, 0.3) is 16.6 Å². The molecule has 2 aromatic heterocycles. The van der Waals surface area contributed by atoms with E-state index in [2.05, 4.69) is 0 Å². The Labute approximate surface area is 249 Å². The van der Waals surface area contributed by atoms with Crippen LogP contribution in [0.4, 0.5) is 13.2 Å². The molecule has 1 saturated heterocycles. The maximum Gasteiger partial charge on any atom is 0.418 e. The molecule has 1 aliphatic heterocycles. The highest BCUT2D eigenvalue weighted by molar-refractivity contribution is 5.99. The topological polar surface area (TPSA) is 107 Å². The second kappa shape index (κ2) is 12.2. The average Bonchev–Trinajstić information content (AvgIpc) is 3.52. The van der Waals surface area contributed by atoms with Gasteiger partial charge in [-0.1, -0.05) is 12.1 Å². The molecular weight excluding hydrogens is 581 g/mol. The van der Waals surface area contributed by atoms with Crippen molar-refractivity contribution in [1.29, 1.82) is 0 Å². The number of rotatable bonds is 7. The van der Waals surface area contributed by atoms with Gasteiger partial charge in [-0.15, -0.1) is 0 Å². The van der Waals surface area contributed by atoms with Crippen molar-refractivity contribution in [2.45, 2.75) is 33.5 Å². The zero-order chi connectivity index (χ0) is 31.8. The third-order valence-electron chi connectivity index (χ3n) is 7.84. The Bertz CT molecular complexity index is 1830. The van der Waals surface area contributed by atoms with Crippen molar-refractivity contribution in [3.63, 3.8) is 0 Å².